The fraction of sp³-hybridized carbons (Fsp3) is 0.833. The molecule has 0 spiro atoms. The predicted octanol–water partition coefficient (Wildman–Crippen LogP) is 1.97. The SMILES string of the molecule is C=C(C)C1CCC(C)C(O)C1CCO. The molecule has 1 saturated carbocycles. The third kappa shape index (κ3) is 2.37. The smallest absolute Gasteiger partial charge is 0.0600 e. The molecule has 82 valence electrons. The van der Waals surface area contributed by atoms with Gasteiger partial charge in [-0.15, -0.1) is 0 Å². The Morgan fingerprint density at radius 1 is 1.43 bits per heavy atom. The third-order valence-electron chi connectivity index (χ3n) is 3.57. The molecule has 0 radical (unpaired) electrons. The number of hydrogen-bond donors (Lipinski definition) is 2. The van der Waals surface area contributed by atoms with Crippen LogP contribution < -0.4 is 0 Å². The van der Waals surface area contributed by atoms with E-state index in [0.717, 1.165) is 18.4 Å². The second kappa shape index (κ2) is 4.94. The maximum absolute atomic E-state index is 10.0. The topological polar surface area (TPSA) is 40.5 Å². The Hall–Kier alpha value is -0.340. The quantitative estimate of drug-likeness (QED) is 0.681. The van der Waals surface area contributed by atoms with Gasteiger partial charge in [0.1, 0.15) is 0 Å². The van der Waals surface area contributed by atoms with Gasteiger partial charge in [-0.2, -0.15) is 0 Å². The molecule has 14 heavy (non-hydrogen) atoms. The maximum Gasteiger partial charge on any atom is 0.0600 e. The predicted molar refractivity (Wildman–Crippen MR) is 57.9 cm³/mol. The molecule has 4 unspecified atom stereocenters. The zero-order chi connectivity index (χ0) is 10.7. The Balaban J connectivity index is 2.71. The molecule has 0 aliphatic heterocycles. The molecule has 1 aliphatic rings. The number of rotatable bonds is 3. The van der Waals surface area contributed by atoms with Gasteiger partial charge in [0.15, 0.2) is 0 Å². The van der Waals surface area contributed by atoms with Crippen LogP contribution in [0.1, 0.15) is 33.1 Å². The lowest BCUT2D eigenvalue weighted by Crippen LogP contribution is -2.38. The van der Waals surface area contributed by atoms with Crippen molar-refractivity contribution in [3.63, 3.8) is 0 Å². The molecule has 0 aromatic heterocycles. The summed E-state index contributed by atoms with van der Waals surface area (Å²) in [6.07, 6.45) is 2.61. The fourth-order valence-corrected chi connectivity index (χ4v) is 2.62. The van der Waals surface area contributed by atoms with Gasteiger partial charge in [0, 0.05) is 6.61 Å². The van der Waals surface area contributed by atoms with Gasteiger partial charge in [-0.25, -0.2) is 0 Å². The van der Waals surface area contributed by atoms with Crippen LogP contribution in [0.2, 0.25) is 0 Å². The van der Waals surface area contributed by atoms with Gasteiger partial charge in [0.05, 0.1) is 6.10 Å². The van der Waals surface area contributed by atoms with E-state index < -0.39 is 0 Å². The highest BCUT2D eigenvalue weighted by Crippen LogP contribution is 2.39. The molecule has 0 amide bonds. The average Bonchev–Trinajstić information content (AvgIpc) is 2.13. The Morgan fingerprint density at radius 2 is 2.07 bits per heavy atom. The first kappa shape index (κ1) is 11.7. The summed E-state index contributed by atoms with van der Waals surface area (Å²) in [5.41, 5.74) is 1.15. The van der Waals surface area contributed by atoms with E-state index in [1.807, 2.05) is 6.92 Å². The largest absolute Gasteiger partial charge is 0.396 e. The van der Waals surface area contributed by atoms with Gasteiger partial charge >= 0.3 is 0 Å². The molecular formula is C12H22O2. The van der Waals surface area contributed by atoms with Gasteiger partial charge < -0.3 is 10.2 Å². The molecule has 0 heterocycles. The standard InChI is InChI=1S/C12H22O2/c1-8(2)10-5-4-9(3)12(14)11(10)6-7-13/h9-14H,1,4-7H2,2-3H3. The monoisotopic (exact) mass is 198 g/mol. The summed E-state index contributed by atoms with van der Waals surface area (Å²) >= 11 is 0. The van der Waals surface area contributed by atoms with Crippen molar-refractivity contribution in [2.75, 3.05) is 6.61 Å². The van der Waals surface area contributed by atoms with Gasteiger partial charge in [0.2, 0.25) is 0 Å². The summed E-state index contributed by atoms with van der Waals surface area (Å²) in [7, 11) is 0. The van der Waals surface area contributed by atoms with Crippen molar-refractivity contribution >= 4 is 0 Å². The van der Waals surface area contributed by atoms with E-state index in [2.05, 4.69) is 13.5 Å². The van der Waals surface area contributed by atoms with Gasteiger partial charge in [-0.1, -0.05) is 19.1 Å². The minimum absolute atomic E-state index is 0.165. The van der Waals surface area contributed by atoms with Crippen molar-refractivity contribution in [1.29, 1.82) is 0 Å². The minimum atomic E-state index is -0.266. The van der Waals surface area contributed by atoms with Crippen LogP contribution in [0.5, 0.6) is 0 Å². The lowest BCUT2D eigenvalue weighted by Gasteiger charge is -2.39. The molecule has 1 fully saturated rings. The molecule has 2 N–H and O–H groups in total. The van der Waals surface area contributed by atoms with Crippen molar-refractivity contribution in [3.8, 4) is 0 Å². The summed E-state index contributed by atoms with van der Waals surface area (Å²) in [5.74, 6) is 0.969. The Morgan fingerprint density at radius 3 is 2.57 bits per heavy atom. The van der Waals surface area contributed by atoms with Crippen LogP contribution in [0, 0.1) is 17.8 Å². The summed E-state index contributed by atoms with van der Waals surface area (Å²) in [6, 6.07) is 0. The van der Waals surface area contributed by atoms with E-state index in [1.54, 1.807) is 0 Å². The van der Waals surface area contributed by atoms with Crippen molar-refractivity contribution in [2.45, 2.75) is 39.2 Å². The molecule has 4 atom stereocenters. The number of aliphatic hydroxyl groups is 2. The van der Waals surface area contributed by atoms with Crippen molar-refractivity contribution in [1.82, 2.24) is 0 Å². The van der Waals surface area contributed by atoms with Crippen molar-refractivity contribution in [2.24, 2.45) is 17.8 Å². The molecule has 2 heteroatoms. The van der Waals surface area contributed by atoms with E-state index in [4.69, 9.17) is 5.11 Å². The first-order valence-electron chi connectivity index (χ1n) is 5.52. The molecule has 1 rings (SSSR count). The normalized spacial score (nSPS) is 38.3. The summed E-state index contributed by atoms with van der Waals surface area (Å²) in [5, 5.41) is 19.0. The lowest BCUT2D eigenvalue weighted by molar-refractivity contribution is -0.00862. The van der Waals surface area contributed by atoms with Crippen LogP contribution >= 0.6 is 0 Å². The number of hydrogen-bond acceptors (Lipinski definition) is 2. The van der Waals surface area contributed by atoms with E-state index in [1.165, 1.54) is 0 Å². The van der Waals surface area contributed by atoms with E-state index in [9.17, 15) is 5.11 Å². The first-order chi connectivity index (χ1) is 6.57. The zero-order valence-corrected chi connectivity index (χ0v) is 9.24. The number of allylic oxidation sites excluding steroid dienone is 1. The van der Waals surface area contributed by atoms with Crippen LogP contribution in [0.3, 0.4) is 0 Å². The van der Waals surface area contributed by atoms with Crippen LogP contribution in [-0.4, -0.2) is 22.9 Å². The first-order valence-corrected chi connectivity index (χ1v) is 5.52. The average molecular weight is 198 g/mol. The van der Waals surface area contributed by atoms with Crippen molar-refractivity contribution in [3.05, 3.63) is 12.2 Å². The van der Waals surface area contributed by atoms with Crippen molar-refractivity contribution < 1.29 is 10.2 Å². The highest BCUT2D eigenvalue weighted by Gasteiger charge is 2.35. The second-order valence-corrected chi connectivity index (χ2v) is 4.67. The zero-order valence-electron chi connectivity index (χ0n) is 9.24. The Bertz CT molecular complexity index is 200. The number of aliphatic hydroxyl groups excluding tert-OH is 2. The van der Waals surface area contributed by atoms with Crippen LogP contribution in [0.4, 0.5) is 0 Å². The molecule has 0 aromatic carbocycles. The van der Waals surface area contributed by atoms with Crippen LogP contribution in [0.15, 0.2) is 12.2 Å². The maximum atomic E-state index is 10.0. The molecule has 1 aliphatic carbocycles. The van der Waals surface area contributed by atoms with Gasteiger partial charge in [-0.05, 0) is 43.9 Å². The molecule has 2 nitrogen and oxygen atoms in total. The summed E-state index contributed by atoms with van der Waals surface area (Å²) in [6.45, 7) is 8.26. The fourth-order valence-electron chi connectivity index (χ4n) is 2.62. The molecule has 0 saturated heterocycles. The van der Waals surface area contributed by atoms with Crippen LogP contribution in [0.25, 0.3) is 0 Å². The molecule has 0 aromatic rings. The second-order valence-electron chi connectivity index (χ2n) is 4.67. The lowest BCUT2D eigenvalue weighted by atomic mass is 9.69. The molecule has 0 bridgehead atoms. The summed E-state index contributed by atoms with van der Waals surface area (Å²) in [4.78, 5) is 0. The highest BCUT2D eigenvalue weighted by molar-refractivity contribution is 5.03. The minimum Gasteiger partial charge on any atom is -0.396 e. The van der Waals surface area contributed by atoms with E-state index in [0.29, 0.717) is 18.3 Å². The highest BCUT2D eigenvalue weighted by atomic mass is 16.3. The summed E-state index contributed by atoms with van der Waals surface area (Å²) < 4.78 is 0. The van der Waals surface area contributed by atoms with Crippen LogP contribution in [-0.2, 0) is 0 Å². The van der Waals surface area contributed by atoms with E-state index in [-0.39, 0.29) is 18.6 Å². The Kier molecular flexibility index (Phi) is 4.14. The van der Waals surface area contributed by atoms with E-state index >= 15 is 0 Å². The third-order valence-corrected chi connectivity index (χ3v) is 3.57. The molecular weight excluding hydrogens is 176 g/mol. The van der Waals surface area contributed by atoms with Gasteiger partial charge in [-0.3, -0.25) is 0 Å². The Labute approximate surface area is 86.6 Å². The van der Waals surface area contributed by atoms with Gasteiger partial charge in [0.25, 0.3) is 0 Å².